The van der Waals surface area contributed by atoms with Gasteiger partial charge >= 0.3 is 0 Å². The molecule has 0 aromatic heterocycles. The molecule has 0 aliphatic carbocycles. The number of sulfonamides is 1. The van der Waals surface area contributed by atoms with Crippen LogP contribution in [0.4, 0.5) is 4.39 Å². The molecule has 1 atom stereocenters. The Hall–Kier alpha value is -0.150. The normalized spacial score (nSPS) is 13.4. The molecule has 0 saturated carbocycles. The minimum Gasteiger partial charge on any atom is -0.316 e. The zero-order valence-corrected chi connectivity index (χ0v) is 15.5. The Morgan fingerprint density at radius 3 is 2.62 bits per heavy atom. The van der Waals surface area contributed by atoms with Crippen LogP contribution in [0.3, 0.4) is 0 Å². The van der Waals surface area contributed by atoms with Crippen molar-refractivity contribution < 1.29 is 12.8 Å². The van der Waals surface area contributed by atoms with Crippen molar-refractivity contribution in [2.75, 3.05) is 19.1 Å². The lowest BCUT2D eigenvalue weighted by molar-refractivity contribution is 0.533. The van der Waals surface area contributed by atoms with Crippen molar-refractivity contribution in [3.63, 3.8) is 0 Å². The van der Waals surface area contributed by atoms with Gasteiger partial charge in [-0.15, -0.1) is 0 Å². The molecule has 0 heterocycles. The Balaban J connectivity index is 3.18. The first-order chi connectivity index (χ1) is 9.85. The minimum atomic E-state index is -3.88. The number of benzene rings is 1. The molecule has 4 nitrogen and oxygen atoms in total. The van der Waals surface area contributed by atoms with Crippen molar-refractivity contribution in [3.8, 4) is 0 Å². The van der Waals surface area contributed by atoms with Crippen LogP contribution in [0.15, 0.2) is 21.5 Å². The first-order valence-electron chi connectivity index (χ1n) is 6.49. The Labute approximate surface area is 138 Å². The lowest BCUT2D eigenvalue weighted by Gasteiger charge is -2.17. The lowest BCUT2D eigenvalue weighted by atomic mass is 10.2. The fourth-order valence-corrected chi connectivity index (χ4v) is 4.80. The highest BCUT2D eigenvalue weighted by molar-refractivity contribution is 9.10. The second kappa shape index (κ2) is 8.47. The Morgan fingerprint density at radius 2 is 2.10 bits per heavy atom. The molecular weight excluding hydrogens is 379 g/mol. The molecule has 1 rings (SSSR count). The van der Waals surface area contributed by atoms with E-state index in [2.05, 4.69) is 26.0 Å². The third-order valence-electron chi connectivity index (χ3n) is 2.92. The standard InChI is InChI=1S/C13H20BrFN2O2S2/c1-4-11(8-20-3)17-21(18,19)12-6-10(14)5-9(7-16-2)13(12)15/h5-6,11,16-17H,4,7-8H2,1-3H3. The first-order valence-corrected chi connectivity index (χ1v) is 10.2. The van der Waals surface area contributed by atoms with Crippen molar-refractivity contribution in [3.05, 3.63) is 28.0 Å². The van der Waals surface area contributed by atoms with E-state index in [9.17, 15) is 12.8 Å². The maximum atomic E-state index is 14.4. The van der Waals surface area contributed by atoms with Crippen molar-refractivity contribution in [2.24, 2.45) is 0 Å². The van der Waals surface area contributed by atoms with Gasteiger partial charge in [-0.3, -0.25) is 0 Å². The molecule has 0 spiro atoms. The Morgan fingerprint density at radius 1 is 1.43 bits per heavy atom. The van der Waals surface area contributed by atoms with Gasteiger partial charge in [0.05, 0.1) is 0 Å². The third kappa shape index (κ3) is 5.21. The van der Waals surface area contributed by atoms with Crippen LogP contribution in [0.5, 0.6) is 0 Å². The van der Waals surface area contributed by atoms with Gasteiger partial charge in [-0.25, -0.2) is 17.5 Å². The molecule has 0 radical (unpaired) electrons. The molecular formula is C13H20BrFN2O2S2. The monoisotopic (exact) mass is 398 g/mol. The Bertz CT molecular complexity index is 582. The zero-order valence-electron chi connectivity index (χ0n) is 12.2. The van der Waals surface area contributed by atoms with Crippen LogP contribution in [0.25, 0.3) is 0 Å². The summed E-state index contributed by atoms with van der Waals surface area (Å²) >= 11 is 4.78. The molecule has 21 heavy (non-hydrogen) atoms. The molecule has 0 bridgehead atoms. The molecule has 0 fully saturated rings. The summed E-state index contributed by atoms with van der Waals surface area (Å²) in [6.45, 7) is 2.16. The summed E-state index contributed by atoms with van der Waals surface area (Å²) in [4.78, 5) is -0.318. The van der Waals surface area contributed by atoms with Crippen molar-refractivity contribution >= 4 is 37.7 Å². The summed E-state index contributed by atoms with van der Waals surface area (Å²) in [6.07, 6.45) is 2.56. The summed E-state index contributed by atoms with van der Waals surface area (Å²) in [6, 6.07) is 2.66. The molecule has 0 amide bonds. The summed E-state index contributed by atoms with van der Waals surface area (Å²) < 4.78 is 42.3. The maximum absolute atomic E-state index is 14.4. The second-order valence-corrected chi connectivity index (χ2v) is 8.10. The van der Waals surface area contributed by atoms with Gasteiger partial charge in [0, 0.05) is 28.4 Å². The summed E-state index contributed by atoms with van der Waals surface area (Å²) in [5, 5.41) is 2.82. The zero-order chi connectivity index (χ0) is 16.0. The number of hydrogen-bond donors (Lipinski definition) is 2. The summed E-state index contributed by atoms with van der Waals surface area (Å²) in [5.41, 5.74) is 0.310. The fourth-order valence-electron chi connectivity index (χ4n) is 1.85. The third-order valence-corrected chi connectivity index (χ3v) is 5.63. The molecule has 0 aliphatic rings. The van der Waals surface area contributed by atoms with E-state index in [0.29, 0.717) is 22.2 Å². The smallest absolute Gasteiger partial charge is 0.243 e. The van der Waals surface area contributed by atoms with E-state index in [0.717, 1.165) is 0 Å². The topological polar surface area (TPSA) is 58.2 Å². The number of nitrogens with one attached hydrogen (secondary N) is 2. The van der Waals surface area contributed by atoms with Gasteiger partial charge in [0.2, 0.25) is 10.0 Å². The van der Waals surface area contributed by atoms with Crippen molar-refractivity contribution in [1.29, 1.82) is 0 Å². The van der Waals surface area contributed by atoms with Crippen LogP contribution in [-0.2, 0) is 16.6 Å². The van der Waals surface area contributed by atoms with E-state index < -0.39 is 15.8 Å². The average Bonchev–Trinajstić information content (AvgIpc) is 2.41. The highest BCUT2D eigenvalue weighted by atomic mass is 79.9. The SMILES string of the molecule is CCC(CSC)NS(=O)(=O)c1cc(Br)cc(CNC)c1F. The number of halogens is 2. The largest absolute Gasteiger partial charge is 0.316 e. The molecule has 0 aliphatic heterocycles. The number of rotatable bonds is 8. The number of hydrogen-bond acceptors (Lipinski definition) is 4. The van der Waals surface area contributed by atoms with Gasteiger partial charge < -0.3 is 5.32 Å². The summed E-state index contributed by atoms with van der Waals surface area (Å²) in [5.74, 6) is -0.0617. The molecule has 120 valence electrons. The van der Waals surface area contributed by atoms with Gasteiger partial charge in [-0.05, 0) is 31.9 Å². The van der Waals surface area contributed by atoms with Crippen molar-refractivity contribution in [1.82, 2.24) is 10.0 Å². The first kappa shape index (κ1) is 18.9. The van der Waals surface area contributed by atoms with Crippen LogP contribution < -0.4 is 10.0 Å². The van der Waals surface area contributed by atoms with E-state index in [4.69, 9.17) is 0 Å². The predicted molar refractivity (Wildman–Crippen MR) is 89.6 cm³/mol. The highest BCUT2D eigenvalue weighted by Gasteiger charge is 2.24. The number of thioether (sulfide) groups is 1. The average molecular weight is 399 g/mol. The van der Waals surface area contributed by atoms with Gasteiger partial charge in [0.1, 0.15) is 10.7 Å². The fraction of sp³-hybridized carbons (Fsp3) is 0.538. The molecule has 1 aromatic carbocycles. The molecule has 0 saturated heterocycles. The van der Waals surface area contributed by atoms with E-state index in [1.807, 2.05) is 13.2 Å². The second-order valence-electron chi connectivity index (χ2n) is 4.59. The van der Waals surface area contributed by atoms with Gasteiger partial charge in [-0.2, -0.15) is 11.8 Å². The molecule has 1 unspecified atom stereocenters. The van der Waals surface area contributed by atoms with E-state index >= 15 is 0 Å². The highest BCUT2D eigenvalue weighted by Crippen LogP contribution is 2.24. The van der Waals surface area contributed by atoms with Crippen LogP contribution >= 0.6 is 27.7 Å². The van der Waals surface area contributed by atoms with E-state index in [-0.39, 0.29) is 17.5 Å². The summed E-state index contributed by atoms with van der Waals surface area (Å²) in [7, 11) is -2.20. The van der Waals surface area contributed by atoms with E-state index in [1.54, 1.807) is 24.9 Å². The van der Waals surface area contributed by atoms with Gasteiger partial charge in [-0.1, -0.05) is 22.9 Å². The molecule has 1 aromatic rings. The molecule has 2 N–H and O–H groups in total. The predicted octanol–water partition coefficient (Wildman–Crippen LogP) is 2.73. The minimum absolute atomic E-state index is 0.212. The maximum Gasteiger partial charge on any atom is 0.243 e. The molecule has 8 heteroatoms. The van der Waals surface area contributed by atoms with Gasteiger partial charge in [0.25, 0.3) is 0 Å². The van der Waals surface area contributed by atoms with Crippen LogP contribution in [-0.4, -0.2) is 33.5 Å². The van der Waals surface area contributed by atoms with Crippen LogP contribution in [0, 0.1) is 5.82 Å². The Kier molecular flexibility index (Phi) is 7.63. The van der Waals surface area contributed by atoms with Crippen LogP contribution in [0.1, 0.15) is 18.9 Å². The quantitative estimate of drug-likeness (QED) is 0.706. The van der Waals surface area contributed by atoms with E-state index in [1.165, 1.54) is 6.07 Å². The van der Waals surface area contributed by atoms with Gasteiger partial charge in [0.15, 0.2) is 0 Å². The lowest BCUT2D eigenvalue weighted by Crippen LogP contribution is -2.36. The van der Waals surface area contributed by atoms with Crippen molar-refractivity contribution in [2.45, 2.75) is 30.8 Å². The van der Waals surface area contributed by atoms with Crippen LogP contribution in [0.2, 0.25) is 0 Å².